The van der Waals surface area contributed by atoms with Gasteiger partial charge >= 0.3 is 5.97 Å². The maximum absolute atomic E-state index is 12.8. The molecule has 0 aliphatic carbocycles. The van der Waals surface area contributed by atoms with Gasteiger partial charge in [-0.3, -0.25) is 9.69 Å². The second-order valence-electron chi connectivity index (χ2n) is 6.33. The summed E-state index contributed by atoms with van der Waals surface area (Å²) in [4.78, 5) is 34.8. The SMILES string of the molecule is CCN1C(=O)/C(=C\c2ccc(OC(C)C(=O)O)c(OC)c2)S/C1=N/c1nc(C)cs1. The average Bonchev–Trinajstić information content (AvgIpc) is 3.25. The fourth-order valence-corrected chi connectivity index (χ4v) is 4.37. The predicted molar refractivity (Wildman–Crippen MR) is 118 cm³/mol. The Morgan fingerprint density at radius 1 is 1.40 bits per heavy atom. The summed E-state index contributed by atoms with van der Waals surface area (Å²) in [5.74, 6) is -0.504. The van der Waals surface area contributed by atoms with E-state index in [9.17, 15) is 9.59 Å². The molecular weight excluding hydrogens is 426 g/mol. The normalized spacial score (nSPS) is 17.6. The Balaban J connectivity index is 1.87. The van der Waals surface area contributed by atoms with Crippen LogP contribution in [0.4, 0.5) is 5.13 Å². The average molecular weight is 448 g/mol. The summed E-state index contributed by atoms with van der Waals surface area (Å²) in [6, 6.07) is 5.06. The lowest BCUT2D eigenvalue weighted by molar-refractivity contribution is -0.144. The highest BCUT2D eigenvalue weighted by molar-refractivity contribution is 8.18. The number of amides is 1. The highest BCUT2D eigenvalue weighted by Crippen LogP contribution is 2.36. The maximum atomic E-state index is 12.8. The van der Waals surface area contributed by atoms with Crippen LogP contribution in [-0.4, -0.2) is 51.8 Å². The van der Waals surface area contributed by atoms with Crippen molar-refractivity contribution in [3.63, 3.8) is 0 Å². The monoisotopic (exact) mass is 447 g/mol. The van der Waals surface area contributed by atoms with Crippen LogP contribution >= 0.6 is 23.1 Å². The van der Waals surface area contributed by atoms with Gasteiger partial charge in [0.2, 0.25) is 5.13 Å². The number of amidine groups is 1. The van der Waals surface area contributed by atoms with Crippen LogP contribution < -0.4 is 9.47 Å². The van der Waals surface area contributed by atoms with Crippen molar-refractivity contribution in [3.05, 3.63) is 39.7 Å². The third-order valence-electron chi connectivity index (χ3n) is 4.14. The predicted octanol–water partition coefficient (Wildman–Crippen LogP) is 3.94. The number of thiazole rings is 1. The first-order chi connectivity index (χ1) is 14.3. The van der Waals surface area contributed by atoms with E-state index in [1.165, 1.54) is 37.1 Å². The molecule has 1 aromatic carbocycles. The number of carbonyl (C=O) groups excluding carboxylic acids is 1. The molecule has 1 aliphatic heterocycles. The van der Waals surface area contributed by atoms with Gasteiger partial charge in [-0.25, -0.2) is 9.78 Å². The molecule has 1 saturated heterocycles. The Morgan fingerprint density at radius 3 is 2.77 bits per heavy atom. The van der Waals surface area contributed by atoms with Crippen LogP contribution in [0.15, 0.2) is 33.5 Å². The topological polar surface area (TPSA) is 101 Å². The van der Waals surface area contributed by atoms with Crippen molar-refractivity contribution in [3.8, 4) is 11.5 Å². The number of likely N-dealkylation sites (N-methyl/N-ethyl adjacent to an activating group) is 1. The van der Waals surface area contributed by atoms with Crippen LogP contribution in [0, 0.1) is 6.92 Å². The van der Waals surface area contributed by atoms with E-state index >= 15 is 0 Å². The minimum absolute atomic E-state index is 0.131. The third kappa shape index (κ3) is 4.82. The van der Waals surface area contributed by atoms with Crippen molar-refractivity contribution in [1.29, 1.82) is 0 Å². The number of benzene rings is 1. The first-order valence-corrected chi connectivity index (χ1v) is 10.8. The number of aryl methyl sites for hydroxylation is 1. The lowest BCUT2D eigenvalue weighted by atomic mass is 10.2. The third-order valence-corrected chi connectivity index (χ3v) is 6.00. The van der Waals surface area contributed by atoms with Crippen molar-refractivity contribution in [2.24, 2.45) is 4.99 Å². The van der Waals surface area contributed by atoms with Gasteiger partial charge < -0.3 is 14.6 Å². The van der Waals surface area contributed by atoms with E-state index in [0.717, 1.165) is 11.3 Å². The van der Waals surface area contributed by atoms with Gasteiger partial charge in [-0.05, 0) is 56.3 Å². The van der Waals surface area contributed by atoms with Crippen molar-refractivity contribution >= 4 is 51.4 Å². The summed E-state index contributed by atoms with van der Waals surface area (Å²) in [5.41, 5.74) is 1.61. The van der Waals surface area contributed by atoms with E-state index in [-0.39, 0.29) is 5.91 Å². The van der Waals surface area contributed by atoms with Gasteiger partial charge in [0.15, 0.2) is 22.8 Å². The fraction of sp³-hybridized carbons (Fsp3) is 0.300. The minimum Gasteiger partial charge on any atom is -0.493 e. The minimum atomic E-state index is -1.07. The molecule has 1 atom stereocenters. The zero-order chi connectivity index (χ0) is 21.8. The van der Waals surface area contributed by atoms with E-state index in [1.807, 2.05) is 19.2 Å². The second-order valence-corrected chi connectivity index (χ2v) is 8.18. The molecule has 0 spiro atoms. The molecule has 0 saturated carbocycles. The van der Waals surface area contributed by atoms with Crippen molar-refractivity contribution < 1.29 is 24.2 Å². The molecular formula is C20H21N3O5S2. The number of aliphatic carboxylic acids is 1. The first-order valence-electron chi connectivity index (χ1n) is 9.12. The van der Waals surface area contributed by atoms with Gasteiger partial charge in [0.25, 0.3) is 5.91 Å². The molecule has 1 aromatic heterocycles. The molecule has 1 amide bonds. The largest absolute Gasteiger partial charge is 0.493 e. The molecule has 158 valence electrons. The number of hydrogen-bond donors (Lipinski definition) is 1. The molecule has 1 fully saturated rings. The van der Waals surface area contributed by atoms with Crippen molar-refractivity contribution in [2.45, 2.75) is 26.9 Å². The summed E-state index contributed by atoms with van der Waals surface area (Å²) >= 11 is 2.71. The quantitative estimate of drug-likeness (QED) is 0.642. The van der Waals surface area contributed by atoms with Crippen LogP contribution in [0.25, 0.3) is 6.08 Å². The summed E-state index contributed by atoms with van der Waals surface area (Å²) < 4.78 is 10.7. The van der Waals surface area contributed by atoms with Gasteiger partial charge in [-0.1, -0.05) is 6.07 Å². The highest BCUT2D eigenvalue weighted by atomic mass is 32.2. The molecule has 1 unspecified atom stereocenters. The van der Waals surface area contributed by atoms with E-state index in [1.54, 1.807) is 29.2 Å². The second kappa shape index (κ2) is 9.31. The molecule has 8 nitrogen and oxygen atoms in total. The van der Waals surface area contributed by atoms with Crippen LogP contribution in [-0.2, 0) is 9.59 Å². The number of hydrogen-bond acceptors (Lipinski definition) is 8. The number of carboxylic acids is 1. The lowest BCUT2D eigenvalue weighted by Gasteiger charge is -2.14. The molecule has 1 N–H and O–H groups in total. The summed E-state index contributed by atoms with van der Waals surface area (Å²) in [7, 11) is 1.47. The molecule has 3 rings (SSSR count). The van der Waals surface area contributed by atoms with Gasteiger partial charge in [0.05, 0.1) is 17.7 Å². The standard InChI is InChI=1S/C20H21N3O5S2/c1-5-23-17(24)16(30-20(23)22-19-21-11(2)10-29-19)9-13-6-7-14(15(8-13)27-4)28-12(3)18(25)26/h6-10,12H,5H2,1-4H3,(H,25,26)/b16-9+,22-20+. The lowest BCUT2D eigenvalue weighted by Crippen LogP contribution is -2.28. The first kappa shape index (κ1) is 21.8. The van der Waals surface area contributed by atoms with E-state index < -0.39 is 12.1 Å². The Bertz CT molecular complexity index is 1030. The van der Waals surface area contributed by atoms with Crippen LogP contribution in [0.5, 0.6) is 11.5 Å². The number of methoxy groups -OCH3 is 1. The van der Waals surface area contributed by atoms with Gasteiger partial charge in [0.1, 0.15) is 0 Å². The van der Waals surface area contributed by atoms with E-state index in [0.29, 0.717) is 33.2 Å². The fourth-order valence-electron chi connectivity index (χ4n) is 2.61. The number of thioether (sulfide) groups is 1. The molecule has 0 bridgehead atoms. The van der Waals surface area contributed by atoms with E-state index in [2.05, 4.69) is 9.98 Å². The summed E-state index contributed by atoms with van der Waals surface area (Å²) in [6.45, 7) is 5.72. The van der Waals surface area contributed by atoms with Gasteiger partial charge in [0, 0.05) is 11.9 Å². The Hall–Kier alpha value is -2.85. The molecule has 0 radical (unpaired) electrons. The molecule has 2 heterocycles. The maximum Gasteiger partial charge on any atom is 0.344 e. The zero-order valence-corrected chi connectivity index (χ0v) is 18.5. The van der Waals surface area contributed by atoms with Crippen LogP contribution in [0.2, 0.25) is 0 Å². The Labute approximate surface area is 182 Å². The van der Waals surface area contributed by atoms with Gasteiger partial charge in [-0.15, -0.1) is 11.3 Å². The Kier molecular flexibility index (Phi) is 6.78. The van der Waals surface area contributed by atoms with Crippen molar-refractivity contribution in [2.75, 3.05) is 13.7 Å². The number of ether oxygens (including phenoxy) is 2. The summed E-state index contributed by atoms with van der Waals surface area (Å²) in [6.07, 6.45) is 0.736. The molecule has 1 aliphatic rings. The zero-order valence-electron chi connectivity index (χ0n) is 16.9. The number of rotatable bonds is 7. The van der Waals surface area contributed by atoms with Crippen molar-refractivity contribution in [1.82, 2.24) is 9.88 Å². The number of nitrogens with zero attached hydrogens (tertiary/aromatic N) is 3. The molecule has 30 heavy (non-hydrogen) atoms. The molecule has 10 heteroatoms. The number of carboxylic acid groups (broad SMARTS) is 1. The highest BCUT2D eigenvalue weighted by Gasteiger charge is 2.32. The van der Waals surface area contributed by atoms with E-state index in [4.69, 9.17) is 14.6 Å². The number of aromatic nitrogens is 1. The van der Waals surface area contributed by atoms with Crippen LogP contribution in [0.1, 0.15) is 25.1 Å². The van der Waals surface area contributed by atoms with Crippen LogP contribution in [0.3, 0.4) is 0 Å². The number of aliphatic imine (C=N–C) groups is 1. The summed E-state index contributed by atoms with van der Waals surface area (Å²) in [5, 5.41) is 12.1. The van der Waals surface area contributed by atoms with Gasteiger partial charge in [-0.2, -0.15) is 4.99 Å². The smallest absolute Gasteiger partial charge is 0.344 e. The Morgan fingerprint density at radius 2 is 2.17 bits per heavy atom. The molecule has 2 aromatic rings. The number of carbonyl (C=O) groups is 2.